The third-order valence-corrected chi connectivity index (χ3v) is 4.64. The number of nitro groups is 1. The summed E-state index contributed by atoms with van der Waals surface area (Å²) in [6.45, 7) is 1.64. The zero-order valence-electron chi connectivity index (χ0n) is 11.4. The minimum absolute atomic E-state index is 0.0362. The Kier molecular flexibility index (Phi) is 3.96. The maximum absolute atomic E-state index is 11.5. The molecule has 1 N–H and O–H groups in total. The molecule has 1 aromatic carbocycles. The Labute approximate surface area is 117 Å². The lowest BCUT2D eigenvalue weighted by atomic mass is 10.2. The van der Waals surface area contributed by atoms with Crippen LogP contribution in [-0.4, -0.2) is 45.8 Å². The van der Waals surface area contributed by atoms with E-state index in [-0.39, 0.29) is 16.6 Å². The van der Waals surface area contributed by atoms with Gasteiger partial charge in [-0.15, -0.1) is 0 Å². The predicted molar refractivity (Wildman–Crippen MR) is 75.9 cm³/mol. The molecule has 8 heteroatoms. The van der Waals surface area contributed by atoms with Crippen molar-refractivity contribution < 1.29 is 13.3 Å². The molecule has 0 spiro atoms. The lowest BCUT2D eigenvalue weighted by Gasteiger charge is -2.25. The first kappa shape index (κ1) is 14.7. The fourth-order valence-electron chi connectivity index (χ4n) is 2.35. The molecule has 1 heterocycles. The van der Waals surface area contributed by atoms with Crippen molar-refractivity contribution in [3.8, 4) is 0 Å². The van der Waals surface area contributed by atoms with Crippen LogP contribution in [0.15, 0.2) is 23.1 Å². The fourth-order valence-corrected chi connectivity index (χ4v) is 2.99. The molecule has 1 atom stereocenters. The number of rotatable bonds is 4. The van der Waals surface area contributed by atoms with Crippen LogP contribution in [0, 0.1) is 10.1 Å². The highest BCUT2D eigenvalue weighted by Gasteiger charge is 2.26. The van der Waals surface area contributed by atoms with Crippen molar-refractivity contribution >= 4 is 21.2 Å². The van der Waals surface area contributed by atoms with Gasteiger partial charge in [-0.3, -0.25) is 10.1 Å². The SMILES string of the molecule is CN(c1ccc(S(C)(=O)=O)cc1[N+](=O)[O-])C1CCNC1. The molecule has 2 rings (SSSR count). The third kappa shape index (κ3) is 2.91. The Hall–Kier alpha value is -1.67. The first-order valence-electron chi connectivity index (χ1n) is 6.23. The van der Waals surface area contributed by atoms with Crippen molar-refractivity contribution in [1.29, 1.82) is 0 Å². The molecule has 0 saturated carbocycles. The summed E-state index contributed by atoms with van der Waals surface area (Å²) in [6.07, 6.45) is 1.94. The number of nitrogens with zero attached hydrogens (tertiary/aromatic N) is 2. The molecule has 1 aliphatic rings. The number of anilines is 1. The topological polar surface area (TPSA) is 92.5 Å². The Balaban J connectivity index is 2.45. The van der Waals surface area contributed by atoms with Crippen molar-refractivity contribution in [2.24, 2.45) is 0 Å². The molecule has 0 aromatic heterocycles. The van der Waals surface area contributed by atoms with Gasteiger partial charge in [0, 0.05) is 32.0 Å². The molecule has 20 heavy (non-hydrogen) atoms. The van der Waals surface area contributed by atoms with Crippen molar-refractivity contribution in [1.82, 2.24) is 5.32 Å². The second-order valence-corrected chi connectivity index (χ2v) is 6.95. The average molecular weight is 299 g/mol. The molecule has 0 radical (unpaired) electrons. The number of benzene rings is 1. The molecular formula is C12H17N3O4S. The highest BCUT2D eigenvalue weighted by Crippen LogP contribution is 2.32. The minimum atomic E-state index is -3.46. The van der Waals surface area contributed by atoms with Crippen LogP contribution in [0.25, 0.3) is 0 Å². The highest BCUT2D eigenvalue weighted by molar-refractivity contribution is 7.90. The van der Waals surface area contributed by atoms with E-state index in [9.17, 15) is 18.5 Å². The standard InChI is InChI=1S/C12H17N3O4S/c1-14(9-5-6-13-8-9)11-4-3-10(20(2,18)19)7-12(11)15(16)17/h3-4,7,9,13H,5-6,8H2,1-2H3. The second kappa shape index (κ2) is 5.37. The first-order valence-corrected chi connectivity index (χ1v) is 8.12. The van der Waals surface area contributed by atoms with Crippen LogP contribution >= 0.6 is 0 Å². The van der Waals surface area contributed by atoms with Gasteiger partial charge in [0.25, 0.3) is 5.69 Å². The van der Waals surface area contributed by atoms with E-state index in [1.54, 1.807) is 7.05 Å². The highest BCUT2D eigenvalue weighted by atomic mass is 32.2. The third-order valence-electron chi connectivity index (χ3n) is 3.53. The van der Waals surface area contributed by atoms with Crippen LogP contribution in [0.2, 0.25) is 0 Å². The van der Waals surface area contributed by atoms with E-state index in [0.29, 0.717) is 5.69 Å². The predicted octanol–water partition coefficient (Wildman–Crippen LogP) is 0.796. The van der Waals surface area contributed by atoms with E-state index in [2.05, 4.69) is 5.32 Å². The lowest BCUT2D eigenvalue weighted by Crippen LogP contribution is -2.33. The minimum Gasteiger partial charge on any atom is -0.365 e. The monoisotopic (exact) mass is 299 g/mol. The quantitative estimate of drug-likeness (QED) is 0.653. The number of nitro benzene ring substituents is 1. The van der Waals surface area contributed by atoms with Gasteiger partial charge >= 0.3 is 0 Å². The summed E-state index contributed by atoms with van der Waals surface area (Å²) in [4.78, 5) is 12.5. The van der Waals surface area contributed by atoms with Crippen LogP contribution in [0.5, 0.6) is 0 Å². The van der Waals surface area contributed by atoms with Crippen molar-refractivity contribution in [3.05, 3.63) is 28.3 Å². The van der Waals surface area contributed by atoms with E-state index < -0.39 is 14.8 Å². The smallest absolute Gasteiger partial charge is 0.293 e. The van der Waals surface area contributed by atoms with E-state index in [4.69, 9.17) is 0 Å². The molecule has 0 bridgehead atoms. The fraction of sp³-hybridized carbons (Fsp3) is 0.500. The maximum atomic E-state index is 11.5. The average Bonchev–Trinajstić information content (AvgIpc) is 2.89. The summed E-state index contributed by atoms with van der Waals surface area (Å²) >= 11 is 0. The number of hydrogen-bond donors (Lipinski definition) is 1. The molecule has 7 nitrogen and oxygen atoms in total. The Morgan fingerprint density at radius 2 is 2.15 bits per heavy atom. The van der Waals surface area contributed by atoms with E-state index in [1.165, 1.54) is 12.1 Å². The zero-order chi connectivity index (χ0) is 14.9. The van der Waals surface area contributed by atoms with Gasteiger partial charge in [0.05, 0.1) is 9.82 Å². The number of sulfone groups is 1. The molecule has 1 fully saturated rings. The van der Waals surface area contributed by atoms with Gasteiger partial charge in [-0.1, -0.05) is 0 Å². The summed E-state index contributed by atoms with van der Waals surface area (Å²) in [5, 5.41) is 14.4. The van der Waals surface area contributed by atoms with Gasteiger partial charge in [-0.2, -0.15) is 0 Å². The van der Waals surface area contributed by atoms with Crippen LogP contribution in [-0.2, 0) is 9.84 Å². The Morgan fingerprint density at radius 1 is 1.45 bits per heavy atom. The van der Waals surface area contributed by atoms with Gasteiger partial charge in [0.2, 0.25) is 0 Å². The van der Waals surface area contributed by atoms with Gasteiger partial charge in [0.15, 0.2) is 9.84 Å². The Morgan fingerprint density at radius 3 is 2.65 bits per heavy atom. The van der Waals surface area contributed by atoms with Crippen LogP contribution in [0.1, 0.15) is 6.42 Å². The summed E-state index contributed by atoms with van der Waals surface area (Å²) in [6, 6.07) is 4.23. The lowest BCUT2D eigenvalue weighted by molar-refractivity contribution is -0.384. The van der Waals surface area contributed by atoms with E-state index in [1.807, 2.05) is 4.90 Å². The molecule has 1 saturated heterocycles. The van der Waals surface area contributed by atoms with E-state index >= 15 is 0 Å². The Bertz CT molecular complexity index is 624. The van der Waals surface area contributed by atoms with Gasteiger partial charge in [-0.25, -0.2) is 8.42 Å². The number of hydrogen-bond acceptors (Lipinski definition) is 6. The molecule has 1 aliphatic heterocycles. The molecule has 1 aromatic rings. The molecule has 0 aliphatic carbocycles. The van der Waals surface area contributed by atoms with Crippen LogP contribution in [0.4, 0.5) is 11.4 Å². The van der Waals surface area contributed by atoms with Crippen LogP contribution < -0.4 is 10.2 Å². The summed E-state index contributed by atoms with van der Waals surface area (Å²) < 4.78 is 23.0. The van der Waals surface area contributed by atoms with Gasteiger partial charge in [0.1, 0.15) is 5.69 Å². The molecule has 110 valence electrons. The zero-order valence-corrected chi connectivity index (χ0v) is 12.2. The molecule has 0 amide bonds. The summed E-state index contributed by atoms with van der Waals surface area (Å²) in [5.74, 6) is 0. The van der Waals surface area contributed by atoms with Crippen molar-refractivity contribution in [3.63, 3.8) is 0 Å². The van der Waals surface area contributed by atoms with Gasteiger partial charge < -0.3 is 10.2 Å². The summed E-state index contributed by atoms with van der Waals surface area (Å²) in [7, 11) is -1.66. The number of nitrogens with one attached hydrogen (secondary N) is 1. The van der Waals surface area contributed by atoms with Crippen molar-refractivity contribution in [2.45, 2.75) is 17.4 Å². The van der Waals surface area contributed by atoms with E-state index in [0.717, 1.165) is 31.8 Å². The normalized spacial score (nSPS) is 19.0. The molecular weight excluding hydrogens is 282 g/mol. The first-order chi connectivity index (χ1) is 9.30. The number of likely N-dealkylation sites (N-methyl/N-ethyl adjacent to an activating group) is 1. The van der Waals surface area contributed by atoms with Gasteiger partial charge in [-0.05, 0) is 25.1 Å². The maximum Gasteiger partial charge on any atom is 0.293 e. The summed E-state index contributed by atoms with van der Waals surface area (Å²) in [5.41, 5.74) is 0.262. The van der Waals surface area contributed by atoms with Crippen LogP contribution in [0.3, 0.4) is 0 Å². The largest absolute Gasteiger partial charge is 0.365 e. The molecule has 1 unspecified atom stereocenters. The van der Waals surface area contributed by atoms with Crippen molar-refractivity contribution in [2.75, 3.05) is 31.3 Å². The second-order valence-electron chi connectivity index (χ2n) is 4.94.